The number of nitrogens with one attached hydrogen (secondary N) is 1. The van der Waals surface area contributed by atoms with Crippen LogP contribution in [-0.2, 0) is 6.54 Å². The first-order valence-corrected chi connectivity index (χ1v) is 6.16. The Kier molecular flexibility index (Phi) is 4.54. The zero-order valence-corrected chi connectivity index (χ0v) is 11.7. The van der Waals surface area contributed by atoms with Crippen molar-refractivity contribution in [3.05, 3.63) is 24.3 Å². The largest absolute Gasteiger partial charge is 0.481 e. The number of methoxy groups -OCH3 is 2. The van der Waals surface area contributed by atoms with Crippen LogP contribution in [0, 0.1) is 0 Å². The highest BCUT2D eigenvalue weighted by Crippen LogP contribution is 2.17. The highest BCUT2D eigenvalue weighted by Gasteiger charge is 2.09. The molecule has 0 unspecified atom stereocenters. The number of anilines is 1. The molecule has 0 bridgehead atoms. The van der Waals surface area contributed by atoms with E-state index in [9.17, 15) is 4.79 Å². The molecule has 9 heteroatoms. The lowest BCUT2D eigenvalue weighted by molar-refractivity contribution is 0.0986. The van der Waals surface area contributed by atoms with E-state index in [0.717, 1.165) is 0 Å². The maximum Gasteiger partial charge on any atom is 0.284 e. The van der Waals surface area contributed by atoms with Gasteiger partial charge in [-0.15, -0.1) is 0 Å². The molecular weight excluding hydrogens is 276 g/mol. The van der Waals surface area contributed by atoms with Gasteiger partial charge in [0.05, 0.1) is 20.3 Å². The lowest BCUT2D eigenvalue weighted by atomic mass is 10.5. The van der Waals surface area contributed by atoms with Gasteiger partial charge in [0.1, 0.15) is 0 Å². The molecule has 21 heavy (non-hydrogen) atoms. The first kappa shape index (κ1) is 14.6. The number of carbonyl (C=O) groups excluding carboxylic acids is 1. The molecule has 0 saturated carbocycles. The molecule has 2 aromatic rings. The third-order valence-electron chi connectivity index (χ3n) is 2.67. The summed E-state index contributed by atoms with van der Waals surface area (Å²) < 4.78 is 11.8. The van der Waals surface area contributed by atoms with Crippen molar-refractivity contribution in [1.82, 2.24) is 19.5 Å². The first-order chi connectivity index (χ1) is 10.1. The number of aromatic nitrogens is 4. The molecule has 0 fully saturated rings. The quantitative estimate of drug-likeness (QED) is 0.731. The number of primary amides is 1. The van der Waals surface area contributed by atoms with Gasteiger partial charge in [0.25, 0.3) is 5.91 Å². The topological polar surface area (TPSA) is 117 Å². The standard InChI is InChI=1S/C12H16N6O3/c1-20-8-7-9(21-2)17-12(16-8)15-4-6-18-5-3-14-11(18)10(13)19/h3,5,7H,4,6H2,1-2H3,(H2,13,19)(H,15,16,17). The fraction of sp³-hybridized carbons (Fsp3) is 0.333. The Bertz CT molecular complexity index is 605. The molecule has 0 aromatic carbocycles. The summed E-state index contributed by atoms with van der Waals surface area (Å²) in [6.45, 7) is 0.966. The molecule has 1 amide bonds. The van der Waals surface area contributed by atoms with Crippen molar-refractivity contribution in [3.8, 4) is 11.8 Å². The first-order valence-electron chi connectivity index (χ1n) is 6.16. The van der Waals surface area contributed by atoms with Crippen LogP contribution in [0.25, 0.3) is 0 Å². The lowest BCUT2D eigenvalue weighted by Crippen LogP contribution is -2.21. The summed E-state index contributed by atoms with van der Waals surface area (Å²) >= 11 is 0. The summed E-state index contributed by atoms with van der Waals surface area (Å²) in [5.74, 6) is 0.793. The van der Waals surface area contributed by atoms with E-state index < -0.39 is 5.91 Å². The van der Waals surface area contributed by atoms with E-state index in [4.69, 9.17) is 15.2 Å². The molecule has 0 aliphatic carbocycles. The smallest absolute Gasteiger partial charge is 0.284 e. The van der Waals surface area contributed by atoms with Crippen LogP contribution < -0.4 is 20.5 Å². The molecule has 0 spiro atoms. The zero-order chi connectivity index (χ0) is 15.2. The summed E-state index contributed by atoms with van der Waals surface area (Å²) in [7, 11) is 3.02. The third kappa shape index (κ3) is 3.59. The van der Waals surface area contributed by atoms with Gasteiger partial charge in [0.2, 0.25) is 17.7 Å². The molecule has 0 saturated heterocycles. The monoisotopic (exact) mass is 292 g/mol. The van der Waals surface area contributed by atoms with Gasteiger partial charge in [0, 0.05) is 25.5 Å². The van der Waals surface area contributed by atoms with E-state index in [1.807, 2.05) is 0 Å². The van der Waals surface area contributed by atoms with Crippen LogP contribution in [-0.4, -0.2) is 46.2 Å². The van der Waals surface area contributed by atoms with Crippen molar-refractivity contribution in [2.45, 2.75) is 6.54 Å². The van der Waals surface area contributed by atoms with Gasteiger partial charge in [-0.25, -0.2) is 4.98 Å². The fourth-order valence-electron chi connectivity index (χ4n) is 1.70. The number of amides is 1. The molecule has 2 rings (SSSR count). The van der Waals surface area contributed by atoms with Gasteiger partial charge in [-0.1, -0.05) is 0 Å². The number of imidazole rings is 1. The van der Waals surface area contributed by atoms with Crippen LogP contribution in [0.1, 0.15) is 10.6 Å². The molecule has 0 radical (unpaired) electrons. The van der Waals surface area contributed by atoms with Crippen LogP contribution in [0.5, 0.6) is 11.8 Å². The average Bonchev–Trinajstić information content (AvgIpc) is 2.95. The second-order valence-corrected chi connectivity index (χ2v) is 4.01. The van der Waals surface area contributed by atoms with E-state index in [1.165, 1.54) is 20.4 Å². The summed E-state index contributed by atoms with van der Waals surface area (Å²) in [6, 6.07) is 1.58. The van der Waals surface area contributed by atoms with Crippen molar-refractivity contribution in [2.75, 3.05) is 26.1 Å². The number of rotatable bonds is 7. The summed E-state index contributed by atoms with van der Waals surface area (Å²) in [5.41, 5.74) is 5.22. The predicted octanol–water partition coefficient (Wildman–Crippen LogP) is -0.0987. The minimum Gasteiger partial charge on any atom is -0.481 e. The van der Waals surface area contributed by atoms with E-state index in [-0.39, 0.29) is 5.82 Å². The molecule has 2 heterocycles. The van der Waals surface area contributed by atoms with Crippen LogP contribution in [0.3, 0.4) is 0 Å². The predicted molar refractivity (Wildman–Crippen MR) is 74.4 cm³/mol. The second kappa shape index (κ2) is 6.55. The van der Waals surface area contributed by atoms with Gasteiger partial charge in [-0.2, -0.15) is 9.97 Å². The summed E-state index contributed by atoms with van der Waals surface area (Å²) in [6.07, 6.45) is 3.19. The van der Waals surface area contributed by atoms with Gasteiger partial charge >= 0.3 is 0 Å². The minimum atomic E-state index is -0.570. The molecule has 0 aliphatic heterocycles. The number of carbonyl (C=O) groups is 1. The maximum atomic E-state index is 11.1. The Morgan fingerprint density at radius 1 is 1.33 bits per heavy atom. The minimum absolute atomic E-state index is 0.209. The van der Waals surface area contributed by atoms with E-state index in [1.54, 1.807) is 16.8 Å². The highest BCUT2D eigenvalue weighted by atomic mass is 16.5. The molecule has 0 aliphatic rings. The lowest BCUT2D eigenvalue weighted by Gasteiger charge is -2.09. The van der Waals surface area contributed by atoms with Crippen molar-refractivity contribution in [3.63, 3.8) is 0 Å². The van der Waals surface area contributed by atoms with E-state index in [2.05, 4.69) is 20.3 Å². The van der Waals surface area contributed by atoms with Gasteiger partial charge < -0.3 is 25.1 Å². The third-order valence-corrected chi connectivity index (χ3v) is 2.67. The Hall–Kier alpha value is -2.84. The average molecular weight is 292 g/mol. The number of nitrogens with two attached hydrogens (primary N) is 1. The van der Waals surface area contributed by atoms with Gasteiger partial charge in [0.15, 0.2) is 5.82 Å². The Labute approximate surface area is 121 Å². The highest BCUT2D eigenvalue weighted by molar-refractivity contribution is 5.89. The van der Waals surface area contributed by atoms with Crippen LogP contribution in [0.15, 0.2) is 18.5 Å². The van der Waals surface area contributed by atoms with Crippen molar-refractivity contribution >= 4 is 11.9 Å². The Morgan fingerprint density at radius 2 is 2.00 bits per heavy atom. The molecule has 2 aromatic heterocycles. The number of ether oxygens (including phenoxy) is 2. The Morgan fingerprint density at radius 3 is 2.57 bits per heavy atom. The zero-order valence-electron chi connectivity index (χ0n) is 11.7. The molecule has 112 valence electrons. The van der Waals surface area contributed by atoms with Gasteiger partial charge in [-0.05, 0) is 0 Å². The number of nitrogens with zero attached hydrogens (tertiary/aromatic N) is 4. The normalized spacial score (nSPS) is 10.2. The molecular formula is C12H16N6O3. The maximum absolute atomic E-state index is 11.1. The molecule has 9 nitrogen and oxygen atoms in total. The van der Waals surface area contributed by atoms with Crippen molar-refractivity contribution < 1.29 is 14.3 Å². The number of hydrogen-bond acceptors (Lipinski definition) is 7. The summed E-state index contributed by atoms with van der Waals surface area (Å²) in [5, 5.41) is 3.02. The molecule has 0 atom stereocenters. The van der Waals surface area contributed by atoms with Gasteiger partial charge in [-0.3, -0.25) is 4.79 Å². The van der Waals surface area contributed by atoms with E-state index in [0.29, 0.717) is 30.8 Å². The van der Waals surface area contributed by atoms with Crippen LogP contribution in [0.4, 0.5) is 5.95 Å². The summed E-state index contributed by atoms with van der Waals surface area (Å²) in [4.78, 5) is 23.3. The molecule has 3 N–H and O–H groups in total. The fourth-order valence-corrected chi connectivity index (χ4v) is 1.70. The van der Waals surface area contributed by atoms with Crippen LogP contribution in [0.2, 0.25) is 0 Å². The number of hydrogen-bond donors (Lipinski definition) is 2. The van der Waals surface area contributed by atoms with Crippen molar-refractivity contribution in [2.24, 2.45) is 5.73 Å². The second-order valence-electron chi connectivity index (χ2n) is 4.01. The van der Waals surface area contributed by atoms with Crippen LogP contribution >= 0.6 is 0 Å². The SMILES string of the molecule is COc1cc(OC)nc(NCCn2ccnc2C(N)=O)n1. The van der Waals surface area contributed by atoms with Crippen molar-refractivity contribution in [1.29, 1.82) is 0 Å². The van der Waals surface area contributed by atoms with E-state index >= 15 is 0 Å². The Balaban J connectivity index is 2.00.